The summed E-state index contributed by atoms with van der Waals surface area (Å²) < 4.78 is 9.07. The lowest BCUT2D eigenvalue weighted by molar-refractivity contribution is 0.416. The molecule has 2 aromatic carbocycles. The fourth-order valence-corrected chi connectivity index (χ4v) is 4.68. The number of benzene rings is 2. The molecule has 9 heteroatoms. The van der Waals surface area contributed by atoms with E-state index in [1.807, 2.05) is 72.2 Å². The largest absolute Gasteiger partial charge is 0.496 e. The van der Waals surface area contributed by atoms with Crippen LogP contribution in [-0.4, -0.2) is 31.3 Å². The van der Waals surface area contributed by atoms with Crippen LogP contribution in [0.3, 0.4) is 0 Å². The summed E-state index contributed by atoms with van der Waals surface area (Å²) in [5.41, 5.74) is 3.83. The standard InChI is InChI=1S/C25H20ClN5O2S/c1-16-6-5-13-30-22(32)14-18(27-23(16)30)15-34-25-29-28-24(20-7-3-4-8-21(20)33-2)31(25)19-11-9-17(26)10-12-19/h3-14H,15H2,1-2H3. The Morgan fingerprint density at radius 2 is 1.82 bits per heavy atom. The molecule has 0 radical (unpaired) electrons. The highest BCUT2D eigenvalue weighted by atomic mass is 35.5. The van der Waals surface area contributed by atoms with Crippen molar-refractivity contribution in [1.29, 1.82) is 0 Å². The van der Waals surface area contributed by atoms with Gasteiger partial charge in [0, 0.05) is 28.7 Å². The molecule has 0 amide bonds. The van der Waals surface area contributed by atoms with Crippen molar-refractivity contribution in [3.05, 3.63) is 99.6 Å². The maximum absolute atomic E-state index is 12.6. The van der Waals surface area contributed by atoms with Gasteiger partial charge in [-0.25, -0.2) is 4.98 Å². The summed E-state index contributed by atoms with van der Waals surface area (Å²) in [6.07, 6.45) is 1.73. The molecule has 0 N–H and O–H groups in total. The van der Waals surface area contributed by atoms with E-state index in [1.54, 1.807) is 23.8 Å². The van der Waals surface area contributed by atoms with Gasteiger partial charge in [0.1, 0.15) is 11.4 Å². The van der Waals surface area contributed by atoms with E-state index in [0.29, 0.717) is 38.8 Å². The highest BCUT2D eigenvalue weighted by molar-refractivity contribution is 7.98. The first kappa shape index (κ1) is 22.2. The Kier molecular flexibility index (Phi) is 6.08. The number of pyridine rings is 1. The Labute approximate surface area is 205 Å². The van der Waals surface area contributed by atoms with Crippen LogP contribution in [0.5, 0.6) is 5.75 Å². The van der Waals surface area contributed by atoms with E-state index >= 15 is 0 Å². The topological polar surface area (TPSA) is 74.3 Å². The molecule has 0 aliphatic rings. The number of fused-ring (bicyclic) bond motifs is 1. The van der Waals surface area contributed by atoms with Crippen LogP contribution in [0.25, 0.3) is 22.7 Å². The summed E-state index contributed by atoms with van der Waals surface area (Å²) in [7, 11) is 1.63. The SMILES string of the molecule is COc1ccccc1-c1nnc(SCc2cc(=O)n3cccc(C)c3n2)n1-c1ccc(Cl)cc1. The van der Waals surface area contributed by atoms with Crippen molar-refractivity contribution in [2.24, 2.45) is 0 Å². The lowest BCUT2D eigenvalue weighted by atomic mass is 10.2. The van der Waals surface area contributed by atoms with E-state index in [4.69, 9.17) is 21.3 Å². The highest BCUT2D eigenvalue weighted by Crippen LogP contribution is 2.34. The van der Waals surface area contributed by atoms with Gasteiger partial charge in [-0.3, -0.25) is 13.8 Å². The lowest BCUT2D eigenvalue weighted by Crippen LogP contribution is -2.15. The first-order valence-corrected chi connectivity index (χ1v) is 11.9. The van der Waals surface area contributed by atoms with Crippen molar-refractivity contribution in [2.75, 3.05) is 7.11 Å². The number of aryl methyl sites for hydroxylation is 1. The number of para-hydroxylation sites is 1. The Bertz CT molecular complexity index is 1550. The van der Waals surface area contributed by atoms with E-state index in [9.17, 15) is 4.79 Å². The fourth-order valence-electron chi connectivity index (χ4n) is 3.71. The van der Waals surface area contributed by atoms with E-state index in [0.717, 1.165) is 16.8 Å². The molecule has 0 fully saturated rings. The summed E-state index contributed by atoms with van der Waals surface area (Å²) in [5.74, 6) is 1.79. The smallest absolute Gasteiger partial charge is 0.258 e. The molecule has 0 aliphatic carbocycles. The van der Waals surface area contributed by atoms with Crippen LogP contribution in [0.2, 0.25) is 5.02 Å². The first-order chi connectivity index (χ1) is 16.5. The van der Waals surface area contributed by atoms with Gasteiger partial charge >= 0.3 is 0 Å². The van der Waals surface area contributed by atoms with Gasteiger partial charge in [-0.2, -0.15) is 0 Å². The molecule has 3 heterocycles. The minimum Gasteiger partial charge on any atom is -0.496 e. The molecule has 170 valence electrons. The number of nitrogens with zero attached hydrogens (tertiary/aromatic N) is 5. The van der Waals surface area contributed by atoms with Gasteiger partial charge in [-0.1, -0.05) is 41.6 Å². The first-order valence-electron chi connectivity index (χ1n) is 10.5. The second-order valence-electron chi connectivity index (χ2n) is 7.58. The third-order valence-corrected chi connectivity index (χ3v) is 6.57. The number of halogens is 1. The molecule has 0 saturated heterocycles. The van der Waals surface area contributed by atoms with Crippen LogP contribution in [0.15, 0.2) is 82.9 Å². The molecule has 0 spiro atoms. The van der Waals surface area contributed by atoms with Gasteiger partial charge in [0.25, 0.3) is 5.56 Å². The molecule has 0 aliphatic heterocycles. The van der Waals surface area contributed by atoms with Crippen molar-refractivity contribution >= 4 is 29.0 Å². The molecular formula is C25H20ClN5O2S. The third kappa shape index (κ3) is 4.18. The molecule has 34 heavy (non-hydrogen) atoms. The molecule has 5 aromatic rings. The summed E-state index contributed by atoms with van der Waals surface area (Å²) in [4.78, 5) is 17.3. The van der Waals surface area contributed by atoms with Gasteiger partial charge in [-0.15, -0.1) is 10.2 Å². The van der Waals surface area contributed by atoms with Crippen LogP contribution < -0.4 is 10.3 Å². The summed E-state index contributed by atoms with van der Waals surface area (Å²) in [6.45, 7) is 1.94. The second-order valence-corrected chi connectivity index (χ2v) is 8.96. The van der Waals surface area contributed by atoms with Crippen molar-refractivity contribution in [3.63, 3.8) is 0 Å². The summed E-state index contributed by atoms with van der Waals surface area (Å²) in [5, 5.41) is 10.2. The summed E-state index contributed by atoms with van der Waals surface area (Å²) >= 11 is 7.58. The Hall–Kier alpha value is -3.62. The van der Waals surface area contributed by atoms with Gasteiger partial charge in [0.15, 0.2) is 11.0 Å². The van der Waals surface area contributed by atoms with Crippen molar-refractivity contribution in [2.45, 2.75) is 17.8 Å². The highest BCUT2D eigenvalue weighted by Gasteiger charge is 2.19. The predicted molar refractivity (Wildman–Crippen MR) is 134 cm³/mol. The maximum atomic E-state index is 12.6. The number of hydrogen-bond donors (Lipinski definition) is 0. The number of rotatable bonds is 6. The molecule has 3 aromatic heterocycles. The number of hydrogen-bond acceptors (Lipinski definition) is 6. The van der Waals surface area contributed by atoms with Crippen LogP contribution in [0.1, 0.15) is 11.3 Å². The monoisotopic (exact) mass is 489 g/mol. The zero-order chi connectivity index (χ0) is 23.7. The predicted octanol–water partition coefficient (Wildman–Crippen LogP) is 5.20. The van der Waals surface area contributed by atoms with Gasteiger partial charge in [0.2, 0.25) is 0 Å². The number of methoxy groups -OCH3 is 1. The van der Waals surface area contributed by atoms with Crippen molar-refractivity contribution < 1.29 is 4.74 Å². The second kappa shape index (κ2) is 9.32. The average Bonchev–Trinajstić information content (AvgIpc) is 3.27. The Morgan fingerprint density at radius 3 is 2.62 bits per heavy atom. The maximum Gasteiger partial charge on any atom is 0.258 e. The minimum absolute atomic E-state index is 0.113. The van der Waals surface area contributed by atoms with Crippen LogP contribution in [-0.2, 0) is 5.75 Å². The summed E-state index contributed by atoms with van der Waals surface area (Å²) in [6, 6.07) is 20.5. The number of aromatic nitrogens is 5. The third-order valence-electron chi connectivity index (χ3n) is 5.35. The van der Waals surface area contributed by atoms with Crippen molar-refractivity contribution in [1.82, 2.24) is 24.1 Å². The Balaban J connectivity index is 1.56. The van der Waals surface area contributed by atoms with Gasteiger partial charge in [0.05, 0.1) is 18.4 Å². The van der Waals surface area contributed by atoms with E-state index in [-0.39, 0.29) is 5.56 Å². The van der Waals surface area contributed by atoms with E-state index in [2.05, 4.69) is 10.2 Å². The molecule has 5 rings (SSSR count). The van der Waals surface area contributed by atoms with E-state index in [1.165, 1.54) is 11.8 Å². The molecule has 0 unspecified atom stereocenters. The van der Waals surface area contributed by atoms with Gasteiger partial charge < -0.3 is 4.74 Å². The number of thioether (sulfide) groups is 1. The fraction of sp³-hybridized carbons (Fsp3) is 0.120. The quantitative estimate of drug-likeness (QED) is 0.305. The molecule has 0 bridgehead atoms. The normalized spacial score (nSPS) is 11.1. The van der Waals surface area contributed by atoms with Crippen LogP contribution >= 0.6 is 23.4 Å². The zero-order valence-electron chi connectivity index (χ0n) is 18.5. The average molecular weight is 490 g/mol. The minimum atomic E-state index is -0.113. The van der Waals surface area contributed by atoms with Crippen LogP contribution in [0, 0.1) is 6.92 Å². The van der Waals surface area contributed by atoms with Crippen LogP contribution in [0.4, 0.5) is 0 Å². The number of ether oxygens (including phenoxy) is 1. The van der Waals surface area contributed by atoms with E-state index < -0.39 is 0 Å². The zero-order valence-corrected chi connectivity index (χ0v) is 20.0. The van der Waals surface area contributed by atoms with Gasteiger partial charge in [-0.05, 0) is 55.0 Å². The van der Waals surface area contributed by atoms with Crippen molar-refractivity contribution in [3.8, 4) is 22.8 Å². The Morgan fingerprint density at radius 1 is 1.03 bits per heavy atom. The lowest BCUT2D eigenvalue weighted by Gasteiger charge is -2.12. The molecule has 0 atom stereocenters. The molecule has 7 nitrogen and oxygen atoms in total. The molecule has 0 saturated carbocycles. The molecular weight excluding hydrogens is 470 g/mol.